The highest BCUT2D eigenvalue weighted by Gasteiger charge is 2.45. The molecule has 0 unspecified atom stereocenters. The number of carbonyl (C=O) groups excluding carboxylic acids is 1. The topological polar surface area (TPSA) is 64.6 Å². The summed E-state index contributed by atoms with van der Waals surface area (Å²) >= 11 is 0. The summed E-state index contributed by atoms with van der Waals surface area (Å²) in [6.45, 7) is 1.67. The van der Waals surface area contributed by atoms with Crippen LogP contribution in [0.2, 0.25) is 0 Å². The van der Waals surface area contributed by atoms with E-state index >= 15 is 0 Å². The lowest BCUT2D eigenvalue weighted by Crippen LogP contribution is -2.50. The number of halogens is 1. The number of hydrogen-bond acceptors (Lipinski definition) is 5. The van der Waals surface area contributed by atoms with Crippen molar-refractivity contribution in [3.05, 3.63) is 54.4 Å². The van der Waals surface area contributed by atoms with E-state index in [0.717, 1.165) is 12.8 Å². The van der Waals surface area contributed by atoms with Crippen molar-refractivity contribution in [3.63, 3.8) is 0 Å². The molecule has 6 nitrogen and oxygen atoms in total. The Morgan fingerprint density at radius 2 is 2.15 bits per heavy atom. The molecule has 1 amide bonds. The molecule has 7 heteroatoms. The summed E-state index contributed by atoms with van der Waals surface area (Å²) in [7, 11) is 0. The zero-order chi connectivity index (χ0) is 18.0. The van der Waals surface area contributed by atoms with Gasteiger partial charge >= 0.3 is 0 Å². The molecule has 1 aromatic carbocycles. The standard InChI is InChI=1S/C19H20FN3O3/c20-14-2-4-15(5-3-14)26-16-10-19(25-12-16)6-1-9-23(13-19)18(24)17-11-21-7-8-22-17/h2-5,7-8,11,16H,1,6,9-10,12-13H2/t16-,19+/m1/s1. The first-order valence-corrected chi connectivity index (χ1v) is 8.75. The average Bonchev–Trinajstić information content (AvgIpc) is 3.05. The molecule has 0 radical (unpaired) electrons. The van der Waals surface area contributed by atoms with Crippen LogP contribution < -0.4 is 4.74 Å². The smallest absolute Gasteiger partial charge is 0.274 e. The minimum Gasteiger partial charge on any atom is -0.488 e. The van der Waals surface area contributed by atoms with E-state index in [0.29, 0.717) is 37.6 Å². The summed E-state index contributed by atoms with van der Waals surface area (Å²) in [5, 5.41) is 0. The van der Waals surface area contributed by atoms with E-state index in [1.54, 1.807) is 23.2 Å². The first kappa shape index (κ1) is 16.9. The number of nitrogens with zero attached hydrogens (tertiary/aromatic N) is 3. The van der Waals surface area contributed by atoms with E-state index in [-0.39, 0.29) is 23.4 Å². The normalized spacial score (nSPS) is 25.4. The number of likely N-dealkylation sites (tertiary alicyclic amines) is 1. The largest absolute Gasteiger partial charge is 0.488 e. The first-order chi connectivity index (χ1) is 12.6. The second-order valence-corrected chi connectivity index (χ2v) is 6.81. The number of aromatic nitrogens is 2. The van der Waals surface area contributed by atoms with Crippen LogP contribution in [-0.4, -0.2) is 52.2 Å². The first-order valence-electron chi connectivity index (χ1n) is 8.75. The van der Waals surface area contributed by atoms with Crippen LogP contribution in [0.4, 0.5) is 4.39 Å². The van der Waals surface area contributed by atoms with Crippen molar-refractivity contribution in [2.45, 2.75) is 31.0 Å². The number of hydrogen-bond donors (Lipinski definition) is 0. The van der Waals surface area contributed by atoms with Crippen LogP contribution in [-0.2, 0) is 4.74 Å². The van der Waals surface area contributed by atoms with Crippen LogP contribution in [0.1, 0.15) is 29.8 Å². The van der Waals surface area contributed by atoms with E-state index in [1.165, 1.54) is 24.5 Å². The highest BCUT2D eigenvalue weighted by atomic mass is 19.1. The highest BCUT2D eigenvalue weighted by Crippen LogP contribution is 2.36. The van der Waals surface area contributed by atoms with Crippen molar-refractivity contribution in [2.24, 2.45) is 0 Å². The minimum absolute atomic E-state index is 0.105. The maximum atomic E-state index is 13.0. The number of piperidine rings is 1. The molecule has 2 aliphatic rings. The summed E-state index contributed by atoms with van der Waals surface area (Å²) < 4.78 is 25.0. The maximum absolute atomic E-state index is 13.0. The predicted octanol–water partition coefficient (Wildman–Crippen LogP) is 2.46. The molecular formula is C19H20FN3O3. The SMILES string of the molecule is O=C(c1cnccn1)N1CCC[C@]2(C[C@@H](Oc3ccc(F)cc3)CO2)C1. The third kappa shape index (κ3) is 3.53. The van der Waals surface area contributed by atoms with Gasteiger partial charge in [0.25, 0.3) is 5.91 Å². The molecule has 0 aliphatic carbocycles. The Hall–Kier alpha value is -2.54. The van der Waals surface area contributed by atoms with Gasteiger partial charge in [-0.15, -0.1) is 0 Å². The van der Waals surface area contributed by atoms with Gasteiger partial charge in [-0.05, 0) is 37.1 Å². The number of ether oxygens (including phenoxy) is 2. The lowest BCUT2D eigenvalue weighted by atomic mass is 9.89. The summed E-state index contributed by atoms with van der Waals surface area (Å²) in [5.74, 6) is 0.214. The molecule has 4 rings (SSSR count). The second-order valence-electron chi connectivity index (χ2n) is 6.81. The fraction of sp³-hybridized carbons (Fsp3) is 0.421. The predicted molar refractivity (Wildman–Crippen MR) is 91.3 cm³/mol. The van der Waals surface area contributed by atoms with Gasteiger partial charge in [0.05, 0.1) is 24.9 Å². The average molecular weight is 357 g/mol. The van der Waals surface area contributed by atoms with Crippen molar-refractivity contribution in [2.75, 3.05) is 19.7 Å². The third-order valence-corrected chi connectivity index (χ3v) is 4.90. The van der Waals surface area contributed by atoms with Gasteiger partial charge in [0.1, 0.15) is 23.4 Å². The van der Waals surface area contributed by atoms with Gasteiger partial charge < -0.3 is 14.4 Å². The molecule has 2 fully saturated rings. The van der Waals surface area contributed by atoms with Crippen molar-refractivity contribution < 1.29 is 18.7 Å². The van der Waals surface area contributed by atoms with Gasteiger partial charge in [0.15, 0.2) is 0 Å². The summed E-state index contributed by atoms with van der Waals surface area (Å²) in [5.41, 5.74) is -0.0393. The van der Waals surface area contributed by atoms with Gasteiger partial charge in [-0.2, -0.15) is 0 Å². The molecule has 1 spiro atoms. The monoisotopic (exact) mass is 357 g/mol. The minimum atomic E-state index is -0.388. The Bertz CT molecular complexity index is 771. The molecule has 0 saturated carbocycles. The summed E-state index contributed by atoms with van der Waals surface area (Å²) in [4.78, 5) is 22.5. The lowest BCUT2D eigenvalue weighted by molar-refractivity contribution is -0.0454. The highest BCUT2D eigenvalue weighted by molar-refractivity contribution is 5.92. The molecular weight excluding hydrogens is 337 g/mol. The van der Waals surface area contributed by atoms with Gasteiger partial charge in [-0.25, -0.2) is 9.37 Å². The van der Waals surface area contributed by atoms with E-state index < -0.39 is 0 Å². The molecule has 26 heavy (non-hydrogen) atoms. The molecule has 1 aromatic heterocycles. The zero-order valence-corrected chi connectivity index (χ0v) is 14.3. The van der Waals surface area contributed by atoms with Gasteiger partial charge in [0, 0.05) is 25.4 Å². The zero-order valence-electron chi connectivity index (χ0n) is 14.3. The lowest BCUT2D eigenvalue weighted by Gasteiger charge is -2.39. The second kappa shape index (κ2) is 6.99. The van der Waals surface area contributed by atoms with E-state index in [9.17, 15) is 9.18 Å². The quantitative estimate of drug-likeness (QED) is 0.844. The molecule has 136 valence electrons. The Morgan fingerprint density at radius 3 is 2.92 bits per heavy atom. The Labute approximate surface area is 151 Å². The van der Waals surface area contributed by atoms with E-state index in [1.807, 2.05) is 0 Å². The van der Waals surface area contributed by atoms with Crippen LogP contribution in [0.25, 0.3) is 0 Å². The molecule has 2 saturated heterocycles. The number of rotatable bonds is 3. The molecule has 2 atom stereocenters. The third-order valence-electron chi connectivity index (χ3n) is 4.90. The fourth-order valence-corrected chi connectivity index (χ4v) is 3.71. The van der Waals surface area contributed by atoms with Crippen LogP contribution in [0.15, 0.2) is 42.9 Å². The van der Waals surface area contributed by atoms with Crippen molar-refractivity contribution in [1.29, 1.82) is 0 Å². The van der Waals surface area contributed by atoms with Crippen molar-refractivity contribution in [1.82, 2.24) is 14.9 Å². The Morgan fingerprint density at radius 1 is 1.31 bits per heavy atom. The maximum Gasteiger partial charge on any atom is 0.274 e. The summed E-state index contributed by atoms with van der Waals surface area (Å²) in [6, 6.07) is 5.99. The van der Waals surface area contributed by atoms with Crippen LogP contribution in [0.3, 0.4) is 0 Å². The van der Waals surface area contributed by atoms with Gasteiger partial charge in [0.2, 0.25) is 0 Å². The van der Waals surface area contributed by atoms with Crippen LogP contribution in [0, 0.1) is 5.82 Å². The number of benzene rings is 1. The molecule has 2 aromatic rings. The van der Waals surface area contributed by atoms with Crippen LogP contribution >= 0.6 is 0 Å². The van der Waals surface area contributed by atoms with Gasteiger partial charge in [-0.1, -0.05) is 0 Å². The fourth-order valence-electron chi connectivity index (χ4n) is 3.71. The Balaban J connectivity index is 1.41. The molecule has 3 heterocycles. The number of carbonyl (C=O) groups is 1. The van der Waals surface area contributed by atoms with Crippen molar-refractivity contribution >= 4 is 5.91 Å². The van der Waals surface area contributed by atoms with Crippen molar-refractivity contribution in [3.8, 4) is 5.75 Å². The Kier molecular flexibility index (Phi) is 4.55. The summed E-state index contributed by atoms with van der Waals surface area (Å²) in [6.07, 6.45) is 6.91. The molecule has 0 N–H and O–H groups in total. The van der Waals surface area contributed by atoms with Gasteiger partial charge in [-0.3, -0.25) is 9.78 Å². The van der Waals surface area contributed by atoms with E-state index in [4.69, 9.17) is 9.47 Å². The molecule has 2 aliphatic heterocycles. The van der Waals surface area contributed by atoms with Crippen LogP contribution in [0.5, 0.6) is 5.75 Å². The molecule has 0 bridgehead atoms. The number of amides is 1. The van der Waals surface area contributed by atoms with E-state index in [2.05, 4.69) is 9.97 Å².